The molecule has 1 spiro atoms. The largest absolute Gasteiger partial charge is 0.361 e. The number of hydrogen-bond acceptors (Lipinski definition) is 2. The Morgan fingerprint density at radius 2 is 1.48 bits per heavy atom. The number of aromatic nitrogens is 1. The summed E-state index contributed by atoms with van der Waals surface area (Å²) in [5, 5.41) is 3.62. The lowest BCUT2D eigenvalue weighted by molar-refractivity contribution is -0.121. The highest BCUT2D eigenvalue weighted by molar-refractivity contribution is 6.12. The normalized spacial score (nSPS) is 18.9. The number of fused-ring (bicyclic) bond motifs is 6. The van der Waals surface area contributed by atoms with Crippen molar-refractivity contribution < 1.29 is 4.79 Å². The fourth-order valence-electron chi connectivity index (χ4n) is 4.70. The van der Waals surface area contributed by atoms with E-state index >= 15 is 0 Å². The summed E-state index contributed by atoms with van der Waals surface area (Å²) >= 11 is 0. The summed E-state index contributed by atoms with van der Waals surface area (Å²) in [4.78, 5) is 16.0. The van der Waals surface area contributed by atoms with Crippen LogP contribution in [0, 0.1) is 0 Å². The standard InChI is InChI=1S/C25H19N3O/c29-24-25(23-15-8-16-27(23)22-14-7-5-12-20(22)26-25)19-11-4-6-13-21(19)28(24)17-18-9-2-1-3-10-18/h1-16,26H,17H2. The molecule has 4 nitrogen and oxygen atoms in total. The molecular formula is C25H19N3O. The van der Waals surface area contributed by atoms with E-state index in [0.29, 0.717) is 6.54 Å². The van der Waals surface area contributed by atoms with Gasteiger partial charge in [0.25, 0.3) is 5.91 Å². The first kappa shape index (κ1) is 16.2. The molecule has 3 aromatic carbocycles. The first-order chi connectivity index (χ1) is 14.3. The molecule has 0 radical (unpaired) electrons. The molecule has 2 aliphatic heterocycles. The molecule has 0 saturated heterocycles. The Hall–Kier alpha value is -3.79. The fourth-order valence-corrected chi connectivity index (χ4v) is 4.70. The molecule has 1 aromatic heterocycles. The van der Waals surface area contributed by atoms with Gasteiger partial charge in [0.2, 0.25) is 0 Å². The van der Waals surface area contributed by atoms with E-state index in [4.69, 9.17) is 0 Å². The highest BCUT2D eigenvalue weighted by Crippen LogP contribution is 2.50. The van der Waals surface area contributed by atoms with Crippen LogP contribution in [0.25, 0.3) is 5.69 Å². The number of para-hydroxylation sites is 3. The van der Waals surface area contributed by atoms with Crippen LogP contribution in [0.3, 0.4) is 0 Å². The maximum atomic E-state index is 14.1. The predicted molar refractivity (Wildman–Crippen MR) is 114 cm³/mol. The summed E-state index contributed by atoms with van der Waals surface area (Å²) in [5.74, 6) is 0.0528. The van der Waals surface area contributed by atoms with Crippen LogP contribution >= 0.6 is 0 Å². The molecular weight excluding hydrogens is 358 g/mol. The zero-order valence-corrected chi connectivity index (χ0v) is 15.7. The Labute approximate surface area is 169 Å². The van der Waals surface area contributed by atoms with Gasteiger partial charge >= 0.3 is 0 Å². The quantitative estimate of drug-likeness (QED) is 0.550. The van der Waals surface area contributed by atoms with Crippen molar-refractivity contribution in [2.75, 3.05) is 10.2 Å². The molecule has 140 valence electrons. The molecule has 6 rings (SSSR count). The topological polar surface area (TPSA) is 37.3 Å². The Balaban J connectivity index is 1.57. The first-order valence-corrected chi connectivity index (χ1v) is 9.80. The predicted octanol–water partition coefficient (Wildman–Crippen LogP) is 4.69. The van der Waals surface area contributed by atoms with Gasteiger partial charge in [-0.2, -0.15) is 0 Å². The smallest absolute Gasteiger partial charge is 0.264 e. The minimum Gasteiger partial charge on any atom is -0.361 e. The van der Waals surface area contributed by atoms with Gasteiger partial charge in [0, 0.05) is 11.8 Å². The van der Waals surface area contributed by atoms with Gasteiger partial charge in [0.05, 0.1) is 29.3 Å². The minimum atomic E-state index is -0.927. The van der Waals surface area contributed by atoms with Crippen LogP contribution in [0.15, 0.2) is 97.2 Å². The van der Waals surface area contributed by atoms with Crippen molar-refractivity contribution in [2.24, 2.45) is 0 Å². The molecule has 1 amide bonds. The molecule has 0 fully saturated rings. The number of anilines is 2. The number of nitrogens with one attached hydrogen (secondary N) is 1. The van der Waals surface area contributed by atoms with Crippen LogP contribution in [0.4, 0.5) is 11.4 Å². The van der Waals surface area contributed by atoms with E-state index in [1.54, 1.807) is 0 Å². The number of benzene rings is 3. The summed E-state index contributed by atoms with van der Waals surface area (Å²) in [5.41, 5.74) is 5.11. The summed E-state index contributed by atoms with van der Waals surface area (Å²) in [6.45, 7) is 0.544. The average molecular weight is 377 g/mol. The van der Waals surface area contributed by atoms with E-state index in [1.165, 1.54) is 0 Å². The van der Waals surface area contributed by atoms with Crippen LogP contribution in [-0.2, 0) is 16.9 Å². The highest BCUT2D eigenvalue weighted by Gasteiger charge is 2.55. The summed E-state index contributed by atoms with van der Waals surface area (Å²) in [6.07, 6.45) is 2.03. The lowest BCUT2D eigenvalue weighted by atomic mass is 9.85. The van der Waals surface area contributed by atoms with Crippen molar-refractivity contribution in [3.8, 4) is 5.69 Å². The van der Waals surface area contributed by atoms with E-state index in [1.807, 2.05) is 77.8 Å². The van der Waals surface area contributed by atoms with Crippen LogP contribution in [0.2, 0.25) is 0 Å². The second kappa shape index (κ2) is 5.85. The van der Waals surface area contributed by atoms with Gasteiger partial charge < -0.3 is 14.8 Å². The lowest BCUT2D eigenvalue weighted by Gasteiger charge is -2.37. The number of nitrogens with zero attached hydrogens (tertiary/aromatic N) is 2. The molecule has 1 atom stereocenters. The van der Waals surface area contributed by atoms with E-state index in [0.717, 1.165) is 33.9 Å². The van der Waals surface area contributed by atoms with Crippen molar-refractivity contribution in [1.82, 2.24) is 4.57 Å². The van der Waals surface area contributed by atoms with Gasteiger partial charge in [-0.3, -0.25) is 4.79 Å². The molecule has 4 aromatic rings. The molecule has 29 heavy (non-hydrogen) atoms. The molecule has 2 aliphatic rings. The van der Waals surface area contributed by atoms with Crippen LogP contribution in [0.1, 0.15) is 16.8 Å². The van der Waals surface area contributed by atoms with Gasteiger partial charge in [0.1, 0.15) is 0 Å². The van der Waals surface area contributed by atoms with Crippen LogP contribution in [-0.4, -0.2) is 10.5 Å². The highest BCUT2D eigenvalue weighted by atomic mass is 16.2. The van der Waals surface area contributed by atoms with Gasteiger partial charge in [-0.15, -0.1) is 0 Å². The zero-order chi connectivity index (χ0) is 19.4. The second-order valence-corrected chi connectivity index (χ2v) is 7.55. The monoisotopic (exact) mass is 377 g/mol. The molecule has 1 unspecified atom stereocenters. The molecule has 0 bridgehead atoms. The van der Waals surface area contributed by atoms with E-state index in [9.17, 15) is 4.79 Å². The summed E-state index contributed by atoms with van der Waals surface area (Å²) in [6, 6.07) is 30.5. The van der Waals surface area contributed by atoms with E-state index < -0.39 is 5.54 Å². The third-order valence-corrected chi connectivity index (χ3v) is 5.97. The summed E-state index contributed by atoms with van der Waals surface area (Å²) < 4.78 is 2.13. The minimum absolute atomic E-state index is 0.0528. The Bertz CT molecular complexity index is 1240. The maximum Gasteiger partial charge on any atom is 0.264 e. The SMILES string of the molecule is O=C1N(Cc2ccccc2)c2ccccc2C12Nc1ccccc1-n1cccc12. The van der Waals surface area contributed by atoms with Crippen molar-refractivity contribution >= 4 is 17.3 Å². The number of amides is 1. The van der Waals surface area contributed by atoms with Crippen LogP contribution < -0.4 is 10.2 Å². The van der Waals surface area contributed by atoms with Crippen molar-refractivity contribution in [3.05, 3.63) is 114 Å². The molecule has 3 heterocycles. The van der Waals surface area contributed by atoms with Crippen molar-refractivity contribution in [3.63, 3.8) is 0 Å². The maximum absolute atomic E-state index is 14.1. The average Bonchev–Trinajstić information content (AvgIpc) is 3.35. The molecule has 0 aliphatic carbocycles. The summed E-state index contributed by atoms with van der Waals surface area (Å²) in [7, 11) is 0. The number of hydrogen-bond donors (Lipinski definition) is 1. The van der Waals surface area contributed by atoms with Crippen molar-refractivity contribution in [2.45, 2.75) is 12.1 Å². The number of rotatable bonds is 2. The molecule has 1 N–H and O–H groups in total. The third kappa shape index (κ3) is 2.11. The van der Waals surface area contributed by atoms with Gasteiger partial charge in [-0.1, -0.05) is 60.7 Å². The van der Waals surface area contributed by atoms with Gasteiger partial charge in [-0.05, 0) is 35.9 Å². The van der Waals surface area contributed by atoms with Crippen molar-refractivity contribution in [1.29, 1.82) is 0 Å². The molecule has 0 saturated carbocycles. The van der Waals surface area contributed by atoms with E-state index in [2.05, 4.69) is 34.1 Å². The van der Waals surface area contributed by atoms with Gasteiger partial charge in [-0.25, -0.2) is 0 Å². The second-order valence-electron chi connectivity index (χ2n) is 7.55. The lowest BCUT2D eigenvalue weighted by Crippen LogP contribution is -2.49. The van der Waals surface area contributed by atoms with E-state index in [-0.39, 0.29) is 5.91 Å². The van der Waals surface area contributed by atoms with Crippen LogP contribution in [0.5, 0.6) is 0 Å². The Kier molecular flexibility index (Phi) is 3.27. The number of carbonyl (C=O) groups excluding carboxylic acids is 1. The molecule has 4 heteroatoms. The Morgan fingerprint density at radius 3 is 2.34 bits per heavy atom. The number of carbonyl (C=O) groups is 1. The fraction of sp³-hybridized carbons (Fsp3) is 0.0800. The Morgan fingerprint density at radius 1 is 0.759 bits per heavy atom. The first-order valence-electron chi connectivity index (χ1n) is 9.80. The zero-order valence-electron chi connectivity index (χ0n) is 15.7. The van der Waals surface area contributed by atoms with Gasteiger partial charge in [0.15, 0.2) is 5.54 Å². The third-order valence-electron chi connectivity index (χ3n) is 5.97.